The number of nitrogens with zero attached hydrogens (tertiary/aromatic N) is 2. The van der Waals surface area contributed by atoms with Crippen molar-refractivity contribution in [1.29, 1.82) is 0 Å². The van der Waals surface area contributed by atoms with Gasteiger partial charge in [-0.3, -0.25) is 4.79 Å². The Labute approximate surface area is 175 Å². The lowest BCUT2D eigenvalue weighted by molar-refractivity contribution is -0.128. The van der Waals surface area contributed by atoms with E-state index in [1.807, 2.05) is 6.20 Å². The van der Waals surface area contributed by atoms with Gasteiger partial charge in [-0.15, -0.1) is 0 Å². The zero-order chi connectivity index (χ0) is 19.2. The van der Waals surface area contributed by atoms with Crippen molar-refractivity contribution in [2.75, 3.05) is 31.2 Å². The van der Waals surface area contributed by atoms with E-state index in [0.29, 0.717) is 17.3 Å². The van der Waals surface area contributed by atoms with E-state index in [9.17, 15) is 4.79 Å². The zero-order valence-electron chi connectivity index (χ0n) is 16.5. The van der Waals surface area contributed by atoms with Gasteiger partial charge in [-0.05, 0) is 67.4 Å². The average molecular weight is 448 g/mol. The van der Waals surface area contributed by atoms with Crippen molar-refractivity contribution in [3.63, 3.8) is 0 Å². The van der Waals surface area contributed by atoms with Crippen LogP contribution in [0.3, 0.4) is 0 Å². The van der Waals surface area contributed by atoms with Crippen LogP contribution in [0.5, 0.6) is 0 Å². The molecule has 1 amide bonds. The first-order chi connectivity index (χ1) is 13.5. The fourth-order valence-corrected chi connectivity index (χ4v) is 8.16. The number of amides is 1. The predicted octanol–water partition coefficient (Wildman–Crippen LogP) is 3.66. The Kier molecular flexibility index (Phi) is 4.90. The highest BCUT2D eigenvalue weighted by Gasteiger charge is 2.57. The van der Waals surface area contributed by atoms with Crippen LogP contribution in [0.1, 0.15) is 50.5 Å². The molecule has 1 aliphatic heterocycles. The Morgan fingerprint density at radius 1 is 1.21 bits per heavy atom. The molecule has 2 atom stereocenters. The Hall–Kier alpha value is -1.14. The van der Waals surface area contributed by atoms with Gasteiger partial charge >= 0.3 is 0 Å². The Balaban J connectivity index is 1.16. The van der Waals surface area contributed by atoms with Gasteiger partial charge in [0.25, 0.3) is 0 Å². The molecule has 6 rings (SSSR count). The number of nitrogens with one attached hydrogen (secondary N) is 1. The van der Waals surface area contributed by atoms with E-state index < -0.39 is 0 Å². The number of carbonyl (C=O) groups excluding carboxylic acids is 1. The lowest BCUT2D eigenvalue weighted by Crippen LogP contribution is -2.54. The molecule has 1 aromatic heterocycles. The van der Waals surface area contributed by atoms with E-state index in [2.05, 4.69) is 43.3 Å². The maximum Gasteiger partial charge on any atom is 0.220 e. The molecule has 2 unspecified atom stereocenters. The highest BCUT2D eigenvalue weighted by molar-refractivity contribution is 9.10. The molecule has 0 spiro atoms. The van der Waals surface area contributed by atoms with Crippen LogP contribution in [0, 0.1) is 17.3 Å². The molecule has 5 nitrogen and oxygen atoms in total. The smallest absolute Gasteiger partial charge is 0.220 e. The van der Waals surface area contributed by atoms with Gasteiger partial charge in [-0.1, -0.05) is 22.0 Å². The highest BCUT2D eigenvalue weighted by atomic mass is 79.9. The molecule has 4 saturated carbocycles. The molecule has 0 aromatic carbocycles. The van der Waals surface area contributed by atoms with Crippen LogP contribution in [0.15, 0.2) is 18.3 Å². The van der Waals surface area contributed by atoms with Crippen LogP contribution in [0.2, 0.25) is 0 Å². The molecule has 5 aliphatic rings. The molecule has 2 heterocycles. The summed E-state index contributed by atoms with van der Waals surface area (Å²) >= 11 is 4.05. The van der Waals surface area contributed by atoms with Crippen molar-refractivity contribution in [3.8, 4) is 0 Å². The molecule has 28 heavy (non-hydrogen) atoms. The molecule has 4 aliphatic carbocycles. The van der Waals surface area contributed by atoms with E-state index in [1.165, 1.54) is 38.5 Å². The number of pyridine rings is 1. The topological polar surface area (TPSA) is 54.5 Å². The Morgan fingerprint density at radius 3 is 2.61 bits per heavy atom. The Morgan fingerprint density at radius 2 is 1.96 bits per heavy atom. The number of halogens is 1. The number of rotatable bonds is 5. The van der Waals surface area contributed by atoms with Crippen LogP contribution in [-0.4, -0.2) is 41.5 Å². The largest absolute Gasteiger partial charge is 0.378 e. The lowest BCUT2D eigenvalue weighted by Gasteiger charge is -2.60. The molecule has 1 aromatic rings. The summed E-state index contributed by atoms with van der Waals surface area (Å²) in [5.41, 5.74) is 1.30. The third-order valence-electron chi connectivity index (χ3n) is 7.28. The van der Waals surface area contributed by atoms with Gasteiger partial charge in [-0.25, -0.2) is 4.98 Å². The molecule has 6 heteroatoms. The van der Waals surface area contributed by atoms with Gasteiger partial charge in [0, 0.05) is 36.6 Å². The van der Waals surface area contributed by atoms with Gasteiger partial charge in [0.15, 0.2) is 0 Å². The van der Waals surface area contributed by atoms with Gasteiger partial charge in [0.05, 0.1) is 13.2 Å². The maximum atomic E-state index is 12.8. The number of alkyl halides is 1. The van der Waals surface area contributed by atoms with Crippen molar-refractivity contribution in [1.82, 2.24) is 10.3 Å². The van der Waals surface area contributed by atoms with Crippen molar-refractivity contribution in [2.45, 2.75) is 55.8 Å². The standard InChI is InChI=1S/C22H30BrN3O2/c23-22-10-17-7-18(11-22)9-21(8-17,15-22)12-20(27)25-14-16-1-2-19(24-13-16)26-3-5-28-6-4-26/h1-2,13,17-18H,3-12,14-15H2,(H,25,27). The summed E-state index contributed by atoms with van der Waals surface area (Å²) in [6.07, 6.45) is 10.3. The first-order valence-electron chi connectivity index (χ1n) is 10.7. The normalized spacial score (nSPS) is 36.5. The number of anilines is 1. The number of morpholine rings is 1. The summed E-state index contributed by atoms with van der Waals surface area (Å²) in [4.78, 5) is 19.6. The minimum atomic E-state index is 0.204. The van der Waals surface area contributed by atoms with E-state index in [0.717, 1.165) is 49.5 Å². The average Bonchev–Trinajstić information content (AvgIpc) is 2.65. The minimum absolute atomic E-state index is 0.204. The first kappa shape index (κ1) is 18.9. The van der Waals surface area contributed by atoms with Crippen LogP contribution >= 0.6 is 15.9 Å². The molecule has 4 bridgehead atoms. The highest BCUT2D eigenvalue weighted by Crippen LogP contribution is 2.65. The molecule has 0 radical (unpaired) electrons. The summed E-state index contributed by atoms with van der Waals surface area (Å²) < 4.78 is 5.71. The van der Waals surface area contributed by atoms with Gasteiger partial charge in [-0.2, -0.15) is 0 Å². The summed E-state index contributed by atoms with van der Waals surface area (Å²) in [6, 6.07) is 4.14. The van der Waals surface area contributed by atoms with Crippen LogP contribution in [0.25, 0.3) is 0 Å². The molecule has 1 saturated heterocycles. The zero-order valence-corrected chi connectivity index (χ0v) is 18.0. The van der Waals surface area contributed by atoms with Crippen molar-refractivity contribution < 1.29 is 9.53 Å². The molecule has 5 fully saturated rings. The molecule has 1 N–H and O–H groups in total. The van der Waals surface area contributed by atoms with Gasteiger partial charge in [0.2, 0.25) is 5.91 Å². The third-order valence-corrected chi connectivity index (χ3v) is 8.21. The fraction of sp³-hybridized carbons (Fsp3) is 0.727. The second-order valence-corrected chi connectivity index (χ2v) is 11.4. The van der Waals surface area contributed by atoms with E-state index in [1.54, 1.807) is 0 Å². The van der Waals surface area contributed by atoms with Crippen LogP contribution in [-0.2, 0) is 16.1 Å². The second kappa shape index (κ2) is 7.28. The number of ether oxygens (including phenoxy) is 1. The van der Waals surface area contributed by atoms with E-state index >= 15 is 0 Å². The summed E-state index contributed by atoms with van der Waals surface area (Å²) in [6.45, 7) is 3.87. The number of aromatic nitrogens is 1. The minimum Gasteiger partial charge on any atom is -0.378 e. The van der Waals surface area contributed by atoms with E-state index in [4.69, 9.17) is 4.74 Å². The number of hydrogen-bond acceptors (Lipinski definition) is 4. The number of hydrogen-bond donors (Lipinski definition) is 1. The summed E-state index contributed by atoms with van der Waals surface area (Å²) in [5.74, 6) is 2.85. The van der Waals surface area contributed by atoms with Gasteiger partial charge in [0.1, 0.15) is 5.82 Å². The van der Waals surface area contributed by atoms with Crippen molar-refractivity contribution >= 4 is 27.7 Å². The Bertz CT molecular complexity index is 718. The quantitative estimate of drug-likeness (QED) is 0.699. The molecular formula is C22H30BrN3O2. The SMILES string of the molecule is O=C(CC12CC3CC(CC(Br)(C3)C1)C2)NCc1ccc(N2CCOCC2)nc1. The van der Waals surface area contributed by atoms with Crippen molar-refractivity contribution in [2.24, 2.45) is 17.3 Å². The van der Waals surface area contributed by atoms with Gasteiger partial charge < -0.3 is 15.0 Å². The van der Waals surface area contributed by atoms with E-state index in [-0.39, 0.29) is 11.3 Å². The molecule has 152 valence electrons. The summed E-state index contributed by atoms with van der Waals surface area (Å²) in [7, 11) is 0. The number of carbonyl (C=O) groups is 1. The van der Waals surface area contributed by atoms with Crippen LogP contribution in [0.4, 0.5) is 5.82 Å². The fourth-order valence-electron chi connectivity index (χ4n) is 6.65. The van der Waals surface area contributed by atoms with Crippen molar-refractivity contribution in [3.05, 3.63) is 23.9 Å². The predicted molar refractivity (Wildman–Crippen MR) is 113 cm³/mol. The van der Waals surface area contributed by atoms with Crippen LogP contribution < -0.4 is 10.2 Å². The maximum absolute atomic E-state index is 12.8. The summed E-state index contributed by atoms with van der Waals surface area (Å²) in [5, 5.41) is 3.16. The second-order valence-electron chi connectivity index (χ2n) is 9.69. The first-order valence-corrected chi connectivity index (χ1v) is 11.5. The lowest BCUT2D eigenvalue weighted by atomic mass is 9.48. The molecular weight excluding hydrogens is 418 g/mol. The third kappa shape index (κ3) is 3.82. The monoisotopic (exact) mass is 447 g/mol.